The molecule has 0 saturated heterocycles. The summed E-state index contributed by atoms with van der Waals surface area (Å²) < 4.78 is 54.0. The lowest BCUT2D eigenvalue weighted by molar-refractivity contribution is -0.145. The number of nitrogens with one attached hydrogen (secondary N) is 1. The Morgan fingerprint density at radius 1 is 1.27 bits per heavy atom. The molecule has 1 aromatic carbocycles. The quantitative estimate of drug-likeness (QED) is 0.782. The fraction of sp³-hybridized carbons (Fsp3) is 0.353. The number of carbonyl (C=O) groups excluding carboxylic acids is 1. The first kappa shape index (κ1) is 16.7. The van der Waals surface area contributed by atoms with Crippen molar-refractivity contribution in [3.63, 3.8) is 0 Å². The highest BCUT2D eigenvalue weighted by molar-refractivity contribution is 5.99. The molecule has 0 bridgehead atoms. The van der Waals surface area contributed by atoms with E-state index in [9.17, 15) is 22.4 Å². The predicted molar refractivity (Wildman–Crippen MR) is 83.6 cm³/mol. The second-order valence-corrected chi connectivity index (χ2v) is 6.61. The number of rotatable bonds is 1. The molecular formula is C17H14F4N4O. The van der Waals surface area contributed by atoms with Gasteiger partial charge in [0.15, 0.2) is 5.78 Å². The summed E-state index contributed by atoms with van der Waals surface area (Å²) in [5, 5.41) is 6.38. The van der Waals surface area contributed by atoms with Gasteiger partial charge in [-0.25, -0.2) is 9.07 Å². The molecule has 2 atom stereocenters. The van der Waals surface area contributed by atoms with Gasteiger partial charge < -0.3 is 5.32 Å². The van der Waals surface area contributed by atoms with E-state index in [1.54, 1.807) is 6.07 Å². The zero-order chi connectivity index (χ0) is 18.6. The van der Waals surface area contributed by atoms with Gasteiger partial charge in [0.25, 0.3) is 5.82 Å². The van der Waals surface area contributed by atoms with Crippen molar-refractivity contribution in [2.45, 2.75) is 32.0 Å². The Balaban J connectivity index is 1.92. The number of aromatic nitrogens is 3. The van der Waals surface area contributed by atoms with Crippen LogP contribution in [0.25, 0.3) is 0 Å². The summed E-state index contributed by atoms with van der Waals surface area (Å²) in [4.78, 5) is 16.2. The van der Waals surface area contributed by atoms with E-state index in [1.165, 1.54) is 18.2 Å². The number of halogens is 4. The van der Waals surface area contributed by atoms with E-state index in [0.717, 1.165) is 4.68 Å². The normalized spacial score (nSPS) is 22.7. The number of hydrogen-bond donors (Lipinski definition) is 1. The van der Waals surface area contributed by atoms with Gasteiger partial charge in [0.05, 0.1) is 0 Å². The fourth-order valence-electron chi connectivity index (χ4n) is 3.51. The predicted octanol–water partition coefficient (Wildman–Crippen LogP) is 3.70. The van der Waals surface area contributed by atoms with Crippen LogP contribution < -0.4 is 5.32 Å². The molecule has 2 heterocycles. The summed E-state index contributed by atoms with van der Waals surface area (Å²) in [7, 11) is 0. The molecule has 1 aromatic heterocycles. The van der Waals surface area contributed by atoms with Crippen molar-refractivity contribution in [2.75, 3.05) is 5.32 Å². The molecule has 26 heavy (non-hydrogen) atoms. The SMILES string of the molecule is C[C@@H]1CC(=O)C2=C(C1)Nc1nc(C(F)(F)F)nn1[C@H]2c1cccc(F)c1. The third-order valence-electron chi connectivity index (χ3n) is 4.54. The number of alkyl halides is 3. The average molecular weight is 366 g/mol. The molecule has 5 nitrogen and oxygen atoms in total. The smallest absolute Gasteiger partial charge is 0.328 e. The van der Waals surface area contributed by atoms with Crippen molar-refractivity contribution in [3.05, 3.63) is 52.7 Å². The number of fused-ring (bicyclic) bond motifs is 1. The summed E-state index contributed by atoms with van der Waals surface area (Å²) in [6, 6.07) is 4.50. The van der Waals surface area contributed by atoms with E-state index in [1.807, 2.05) is 6.92 Å². The first-order valence-electron chi connectivity index (χ1n) is 8.06. The molecule has 0 unspecified atom stereocenters. The standard InChI is InChI=1S/C17H14F4N4O/c1-8-5-11-13(12(26)6-8)14(9-3-2-4-10(18)7-9)25-16(22-11)23-15(24-25)17(19,20)21/h2-4,7-8,14H,5-6H2,1H3,(H,22,23,24)/t8-,14-/m0/s1. The molecule has 4 rings (SSSR count). The van der Waals surface area contributed by atoms with E-state index in [0.29, 0.717) is 23.3 Å². The van der Waals surface area contributed by atoms with E-state index in [2.05, 4.69) is 15.4 Å². The molecule has 0 saturated carbocycles. The number of hydrogen-bond acceptors (Lipinski definition) is 4. The molecular weight excluding hydrogens is 352 g/mol. The van der Waals surface area contributed by atoms with Crippen molar-refractivity contribution >= 4 is 11.7 Å². The maximum absolute atomic E-state index is 13.7. The lowest BCUT2D eigenvalue weighted by Crippen LogP contribution is -2.33. The highest BCUT2D eigenvalue weighted by Crippen LogP contribution is 2.42. The lowest BCUT2D eigenvalue weighted by atomic mass is 9.81. The van der Waals surface area contributed by atoms with Crippen LogP contribution in [-0.2, 0) is 11.0 Å². The Morgan fingerprint density at radius 3 is 2.73 bits per heavy atom. The molecule has 2 aromatic rings. The summed E-state index contributed by atoms with van der Waals surface area (Å²) in [5.41, 5.74) is 1.19. The molecule has 0 amide bonds. The number of allylic oxidation sites excluding steroid dienone is 2. The van der Waals surface area contributed by atoms with Crippen LogP contribution in [0.2, 0.25) is 0 Å². The first-order valence-corrected chi connectivity index (χ1v) is 8.06. The van der Waals surface area contributed by atoms with Crippen LogP contribution in [0.15, 0.2) is 35.5 Å². The molecule has 1 aliphatic heterocycles. The van der Waals surface area contributed by atoms with Gasteiger partial charge in [-0.2, -0.15) is 18.2 Å². The Morgan fingerprint density at radius 2 is 2.04 bits per heavy atom. The Labute approximate surface area is 145 Å². The zero-order valence-electron chi connectivity index (χ0n) is 13.6. The van der Waals surface area contributed by atoms with Crippen LogP contribution in [0.3, 0.4) is 0 Å². The van der Waals surface area contributed by atoms with Gasteiger partial charge in [0, 0.05) is 17.7 Å². The molecule has 2 aliphatic rings. The Kier molecular flexibility index (Phi) is 3.64. The van der Waals surface area contributed by atoms with E-state index < -0.39 is 23.9 Å². The van der Waals surface area contributed by atoms with Crippen LogP contribution in [0.4, 0.5) is 23.5 Å². The van der Waals surface area contributed by atoms with Gasteiger partial charge in [-0.15, -0.1) is 5.10 Å². The molecule has 0 fully saturated rings. The monoisotopic (exact) mass is 366 g/mol. The highest BCUT2D eigenvalue weighted by Gasteiger charge is 2.43. The van der Waals surface area contributed by atoms with Crippen molar-refractivity contribution in [1.82, 2.24) is 14.8 Å². The Hall–Kier alpha value is -2.71. The molecule has 0 radical (unpaired) electrons. The van der Waals surface area contributed by atoms with E-state index >= 15 is 0 Å². The summed E-state index contributed by atoms with van der Waals surface area (Å²) in [5.74, 6) is -2.08. The molecule has 9 heteroatoms. The third kappa shape index (κ3) is 2.67. The molecule has 0 spiro atoms. The van der Waals surface area contributed by atoms with Crippen LogP contribution in [0.1, 0.15) is 37.2 Å². The number of benzene rings is 1. The van der Waals surface area contributed by atoms with Gasteiger partial charge in [-0.3, -0.25) is 4.79 Å². The zero-order valence-corrected chi connectivity index (χ0v) is 13.6. The summed E-state index contributed by atoms with van der Waals surface area (Å²) in [6.45, 7) is 1.89. The molecule has 136 valence electrons. The van der Waals surface area contributed by atoms with Crippen LogP contribution >= 0.6 is 0 Å². The second kappa shape index (κ2) is 5.65. The van der Waals surface area contributed by atoms with Crippen LogP contribution in [0, 0.1) is 11.7 Å². The van der Waals surface area contributed by atoms with E-state index in [4.69, 9.17) is 0 Å². The minimum absolute atomic E-state index is 0.0541. The number of Topliss-reactive ketones (excluding diaryl/α,β-unsaturated/α-hetero) is 1. The topological polar surface area (TPSA) is 59.8 Å². The van der Waals surface area contributed by atoms with E-state index in [-0.39, 0.29) is 24.1 Å². The fourth-order valence-corrected chi connectivity index (χ4v) is 3.51. The lowest BCUT2D eigenvalue weighted by Gasteiger charge is -2.34. The maximum atomic E-state index is 13.7. The van der Waals surface area contributed by atoms with Gasteiger partial charge >= 0.3 is 6.18 Å². The van der Waals surface area contributed by atoms with Crippen molar-refractivity contribution in [1.29, 1.82) is 0 Å². The second-order valence-electron chi connectivity index (χ2n) is 6.61. The summed E-state index contributed by atoms with van der Waals surface area (Å²) >= 11 is 0. The number of nitrogens with zero attached hydrogens (tertiary/aromatic N) is 3. The van der Waals surface area contributed by atoms with Crippen molar-refractivity contribution in [2.24, 2.45) is 5.92 Å². The third-order valence-corrected chi connectivity index (χ3v) is 4.54. The number of carbonyl (C=O) groups is 1. The minimum atomic E-state index is -4.73. The first-order chi connectivity index (χ1) is 12.2. The van der Waals surface area contributed by atoms with Crippen LogP contribution in [0.5, 0.6) is 0 Å². The van der Waals surface area contributed by atoms with Gasteiger partial charge in [-0.05, 0) is 30.0 Å². The van der Waals surface area contributed by atoms with Gasteiger partial charge in [0.1, 0.15) is 11.9 Å². The van der Waals surface area contributed by atoms with Gasteiger partial charge in [-0.1, -0.05) is 19.1 Å². The maximum Gasteiger partial charge on any atom is 0.453 e. The van der Waals surface area contributed by atoms with Crippen molar-refractivity contribution < 1.29 is 22.4 Å². The Bertz CT molecular complexity index is 931. The highest BCUT2D eigenvalue weighted by atomic mass is 19.4. The molecule has 1 N–H and O–H groups in total. The van der Waals surface area contributed by atoms with Crippen molar-refractivity contribution in [3.8, 4) is 0 Å². The molecule has 1 aliphatic carbocycles. The number of ketones is 1. The number of anilines is 1. The average Bonchev–Trinajstić information content (AvgIpc) is 2.96. The van der Waals surface area contributed by atoms with Crippen LogP contribution in [-0.4, -0.2) is 20.5 Å². The summed E-state index contributed by atoms with van der Waals surface area (Å²) in [6.07, 6.45) is -3.94. The minimum Gasteiger partial charge on any atom is -0.328 e. The van der Waals surface area contributed by atoms with Gasteiger partial charge in [0.2, 0.25) is 5.95 Å². The largest absolute Gasteiger partial charge is 0.453 e.